The molecule has 1 unspecified atom stereocenters. The average molecular weight is 206 g/mol. The molecule has 0 saturated carbocycles. The van der Waals surface area contributed by atoms with Crippen molar-refractivity contribution in [3.05, 3.63) is 23.4 Å². The number of carbonyl (C=O) groups excluding carboxylic acids is 2. The number of carbonyl (C=O) groups is 2. The first-order valence-corrected chi connectivity index (χ1v) is 5.13. The maximum atomic E-state index is 11.6. The molecule has 2 rings (SSSR count). The van der Waals surface area contributed by atoms with E-state index in [1.54, 1.807) is 7.05 Å². The van der Waals surface area contributed by atoms with Gasteiger partial charge in [0.2, 0.25) is 11.8 Å². The van der Waals surface area contributed by atoms with Crippen molar-refractivity contribution in [3.8, 4) is 0 Å². The lowest BCUT2D eigenvalue weighted by Crippen LogP contribution is -2.39. The van der Waals surface area contributed by atoms with Crippen LogP contribution in [-0.4, -0.2) is 18.9 Å². The molecule has 1 aliphatic heterocycles. The Morgan fingerprint density at radius 3 is 3.13 bits per heavy atom. The maximum Gasteiger partial charge on any atom is 0.227 e. The van der Waals surface area contributed by atoms with E-state index in [0.717, 1.165) is 24.1 Å². The van der Waals surface area contributed by atoms with Crippen LogP contribution in [-0.2, 0) is 9.59 Å². The van der Waals surface area contributed by atoms with Crippen molar-refractivity contribution >= 4 is 11.8 Å². The van der Waals surface area contributed by atoms with Gasteiger partial charge in [0.1, 0.15) is 0 Å². The van der Waals surface area contributed by atoms with Crippen LogP contribution in [0.1, 0.15) is 19.3 Å². The fraction of sp³-hybridized carbons (Fsp3) is 0.455. The Labute approximate surface area is 88.4 Å². The van der Waals surface area contributed by atoms with E-state index in [1.165, 1.54) is 0 Å². The number of nitrogens with one attached hydrogen (secondary N) is 2. The van der Waals surface area contributed by atoms with Crippen molar-refractivity contribution in [1.82, 2.24) is 10.6 Å². The molecule has 4 nitrogen and oxygen atoms in total. The van der Waals surface area contributed by atoms with E-state index in [4.69, 9.17) is 0 Å². The van der Waals surface area contributed by atoms with Crippen LogP contribution < -0.4 is 10.6 Å². The number of rotatable bonds is 1. The lowest BCUT2D eigenvalue weighted by Gasteiger charge is -2.27. The highest BCUT2D eigenvalue weighted by Crippen LogP contribution is 2.29. The van der Waals surface area contributed by atoms with Gasteiger partial charge in [-0.05, 0) is 18.4 Å². The van der Waals surface area contributed by atoms with Crippen LogP contribution in [0.4, 0.5) is 0 Å². The van der Waals surface area contributed by atoms with Crippen molar-refractivity contribution in [2.45, 2.75) is 19.3 Å². The van der Waals surface area contributed by atoms with Crippen molar-refractivity contribution in [2.75, 3.05) is 7.05 Å². The molecule has 80 valence electrons. The molecule has 0 fully saturated rings. The van der Waals surface area contributed by atoms with Crippen LogP contribution in [0.5, 0.6) is 0 Å². The largest absolute Gasteiger partial charge is 0.359 e. The minimum Gasteiger partial charge on any atom is -0.359 e. The third-order valence-electron chi connectivity index (χ3n) is 2.83. The molecule has 4 heteroatoms. The summed E-state index contributed by atoms with van der Waals surface area (Å²) in [6.07, 6.45) is 6.01. The molecule has 0 aromatic rings. The normalized spacial score (nSPS) is 24.6. The van der Waals surface area contributed by atoms with Crippen LogP contribution in [0, 0.1) is 5.92 Å². The number of hydrogen-bond acceptors (Lipinski definition) is 2. The van der Waals surface area contributed by atoms with E-state index in [9.17, 15) is 9.59 Å². The molecule has 0 aromatic carbocycles. The minimum atomic E-state index is -0.310. The third kappa shape index (κ3) is 1.79. The van der Waals surface area contributed by atoms with Crippen LogP contribution in [0.25, 0.3) is 0 Å². The Hall–Kier alpha value is -1.58. The lowest BCUT2D eigenvalue weighted by atomic mass is 9.85. The van der Waals surface area contributed by atoms with Crippen molar-refractivity contribution in [2.24, 2.45) is 5.92 Å². The predicted octanol–water partition coefficient (Wildman–Crippen LogP) is 0.473. The van der Waals surface area contributed by atoms with Gasteiger partial charge in [-0.3, -0.25) is 9.59 Å². The fourth-order valence-electron chi connectivity index (χ4n) is 2.07. The van der Waals surface area contributed by atoms with Gasteiger partial charge in [0.05, 0.1) is 5.92 Å². The molecule has 0 saturated heterocycles. The van der Waals surface area contributed by atoms with E-state index < -0.39 is 0 Å². The first-order chi connectivity index (χ1) is 7.22. The van der Waals surface area contributed by atoms with E-state index in [-0.39, 0.29) is 24.2 Å². The highest BCUT2D eigenvalue weighted by Gasteiger charge is 2.31. The van der Waals surface area contributed by atoms with E-state index in [2.05, 4.69) is 10.6 Å². The Bertz CT molecular complexity index is 369. The Balaban J connectivity index is 2.33. The van der Waals surface area contributed by atoms with Crippen LogP contribution >= 0.6 is 0 Å². The third-order valence-corrected chi connectivity index (χ3v) is 2.83. The highest BCUT2D eigenvalue weighted by molar-refractivity contribution is 5.91. The summed E-state index contributed by atoms with van der Waals surface area (Å²) in [4.78, 5) is 23.0. The standard InChI is InChI=1S/C11H14N2O2/c1-12-11(15)8-6-10(14)13-9-5-3-2-4-7(8)9/h2,4,8H,3,5-6H2,1H3,(H,12,15)(H,13,14). The second-order valence-electron chi connectivity index (χ2n) is 3.79. The SMILES string of the molecule is CNC(=O)C1CC(=O)NC2=C1C=CCC2. The Kier molecular flexibility index (Phi) is 2.58. The predicted molar refractivity (Wildman–Crippen MR) is 55.7 cm³/mol. The van der Waals surface area contributed by atoms with Gasteiger partial charge in [-0.1, -0.05) is 12.2 Å². The van der Waals surface area contributed by atoms with Crippen LogP contribution in [0.15, 0.2) is 23.4 Å². The first kappa shape index (κ1) is 9.96. The summed E-state index contributed by atoms with van der Waals surface area (Å²) in [5.41, 5.74) is 1.89. The Morgan fingerprint density at radius 2 is 2.40 bits per heavy atom. The molecule has 0 spiro atoms. The topological polar surface area (TPSA) is 58.2 Å². The summed E-state index contributed by atoms with van der Waals surface area (Å²) in [7, 11) is 1.60. The summed E-state index contributed by atoms with van der Waals surface area (Å²) in [5.74, 6) is -0.447. The zero-order valence-corrected chi connectivity index (χ0v) is 8.67. The van der Waals surface area contributed by atoms with Crippen molar-refractivity contribution in [1.29, 1.82) is 0 Å². The van der Waals surface area contributed by atoms with E-state index >= 15 is 0 Å². The van der Waals surface area contributed by atoms with E-state index in [1.807, 2.05) is 12.2 Å². The first-order valence-electron chi connectivity index (χ1n) is 5.13. The molecular weight excluding hydrogens is 192 g/mol. The Morgan fingerprint density at radius 1 is 1.60 bits per heavy atom. The second kappa shape index (κ2) is 3.88. The molecule has 0 aromatic heterocycles. The number of allylic oxidation sites excluding steroid dienone is 3. The molecule has 2 amide bonds. The molecule has 1 aliphatic carbocycles. The van der Waals surface area contributed by atoms with Gasteiger partial charge in [-0.25, -0.2) is 0 Å². The molecule has 0 bridgehead atoms. The summed E-state index contributed by atoms with van der Waals surface area (Å²) in [5, 5.41) is 5.44. The maximum absolute atomic E-state index is 11.6. The van der Waals surface area contributed by atoms with Crippen molar-refractivity contribution in [3.63, 3.8) is 0 Å². The zero-order valence-electron chi connectivity index (χ0n) is 8.67. The molecular formula is C11H14N2O2. The average Bonchev–Trinajstić information content (AvgIpc) is 2.26. The number of amides is 2. The monoisotopic (exact) mass is 206 g/mol. The van der Waals surface area contributed by atoms with Crippen molar-refractivity contribution < 1.29 is 9.59 Å². The van der Waals surface area contributed by atoms with Gasteiger partial charge >= 0.3 is 0 Å². The van der Waals surface area contributed by atoms with Crippen LogP contribution in [0.3, 0.4) is 0 Å². The van der Waals surface area contributed by atoms with Gasteiger partial charge in [0.25, 0.3) is 0 Å². The summed E-state index contributed by atoms with van der Waals surface area (Å²) < 4.78 is 0. The molecule has 15 heavy (non-hydrogen) atoms. The molecule has 2 aliphatic rings. The smallest absolute Gasteiger partial charge is 0.227 e. The highest BCUT2D eigenvalue weighted by atomic mass is 16.2. The summed E-state index contributed by atoms with van der Waals surface area (Å²) >= 11 is 0. The van der Waals surface area contributed by atoms with Gasteiger partial charge in [0, 0.05) is 19.2 Å². The molecule has 0 radical (unpaired) electrons. The lowest BCUT2D eigenvalue weighted by molar-refractivity contribution is -0.129. The van der Waals surface area contributed by atoms with E-state index in [0.29, 0.717) is 0 Å². The van der Waals surface area contributed by atoms with Gasteiger partial charge in [-0.15, -0.1) is 0 Å². The summed E-state index contributed by atoms with van der Waals surface area (Å²) in [6, 6.07) is 0. The summed E-state index contributed by atoms with van der Waals surface area (Å²) in [6.45, 7) is 0. The van der Waals surface area contributed by atoms with Gasteiger partial charge < -0.3 is 10.6 Å². The van der Waals surface area contributed by atoms with Crippen LogP contribution in [0.2, 0.25) is 0 Å². The van der Waals surface area contributed by atoms with Gasteiger partial charge in [-0.2, -0.15) is 0 Å². The molecule has 2 N–H and O–H groups in total. The van der Waals surface area contributed by atoms with Gasteiger partial charge in [0.15, 0.2) is 0 Å². The second-order valence-corrected chi connectivity index (χ2v) is 3.79. The minimum absolute atomic E-state index is 0.0577. The fourth-order valence-corrected chi connectivity index (χ4v) is 2.07. The zero-order chi connectivity index (χ0) is 10.8. The molecule has 1 atom stereocenters. The molecule has 1 heterocycles. The number of hydrogen-bond donors (Lipinski definition) is 2. The quantitative estimate of drug-likeness (QED) is 0.655.